The number of halogens is 4. The minimum atomic E-state index is -1.42. The van der Waals surface area contributed by atoms with E-state index >= 15 is 0 Å². The first kappa shape index (κ1) is 31.9. The summed E-state index contributed by atoms with van der Waals surface area (Å²) < 4.78 is 16.5. The lowest BCUT2D eigenvalue weighted by atomic mass is 10.0. The second-order valence-electron chi connectivity index (χ2n) is 10.1. The minimum absolute atomic E-state index is 0.0263. The van der Waals surface area contributed by atoms with Gasteiger partial charge in [0.2, 0.25) is 11.3 Å². The lowest BCUT2D eigenvalue weighted by Crippen LogP contribution is -2.41. The largest absolute Gasteiger partial charge is 0.477 e. The van der Waals surface area contributed by atoms with Crippen LogP contribution in [0.5, 0.6) is 0 Å². The number of benzene rings is 4. The molecule has 1 heterocycles. The third-order valence-electron chi connectivity index (χ3n) is 7.07. The highest BCUT2D eigenvalue weighted by Gasteiger charge is 2.22. The number of carbonyl (C=O) groups is 3. The minimum Gasteiger partial charge on any atom is -0.477 e. The van der Waals surface area contributed by atoms with E-state index in [4.69, 9.17) is 23.2 Å². The van der Waals surface area contributed by atoms with Crippen molar-refractivity contribution in [2.75, 3.05) is 5.32 Å². The lowest BCUT2D eigenvalue weighted by molar-refractivity contribution is -0.117. The number of aromatic carboxylic acids is 1. The third-order valence-corrected chi connectivity index (χ3v) is 8.63. The molecule has 0 saturated carbocycles. The van der Waals surface area contributed by atoms with E-state index in [2.05, 4.69) is 26.6 Å². The van der Waals surface area contributed by atoms with Gasteiger partial charge in [0.1, 0.15) is 17.4 Å². The van der Waals surface area contributed by atoms with Crippen molar-refractivity contribution in [2.24, 2.45) is 0 Å². The Bertz CT molecular complexity index is 2050. The standard InChI is InChI=1S/C33H23BrCl2FN3O5/c1-17(38-32(43)20-8-9-21(25(37)14-20)19-5-3-2-4-6-19)31(42)39-26-11-12-27-28(29(26)34)30(41)22(33(44)45)16-40(27)15-18-7-10-23(35)24(36)13-18/h2-14,16-17H,15H2,1H3,(H,38,43)(H,39,42)(H,44,45)/t17-/m0/s1. The number of nitrogens with zero attached hydrogens (tertiary/aromatic N) is 1. The molecule has 4 aromatic carbocycles. The molecule has 0 aliphatic carbocycles. The van der Waals surface area contributed by atoms with Crippen LogP contribution in [0.25, 0.3) is 22.0 Å². The number of hydrogen-bond donors (Lipinski definition) is 3. The quantitative estimate of drug-likeness (QED) is 0.155. The van der Waals surface area contributed by atoms with Gasteiger partial charge in [-0.25, -0.2) is 9.18 Å². The molecule has 228 valence electrons. The number of anilines is 1. The fourth-order valence-electron chi connectivity index (χ4n) is 4.75. The maximum absolute atomic E-state index is 14.8. The summed E-state index contributed by atoms with van der Waals surface area (Å²) in [5, 5.41) is 15.6. The van der Waals surface area contributed by atoms with Gasteiger partial charge >= 0.3 is 5.97 Å². The zero-order valence-electron chi connectivity index (χ0n) is 23.4. The van der Waals surface area contributed by atoms with Crippen LogP contribution in [-0.4, -0.2) is 33.5 Å². The van der Waals surface area contributed by atoms with Gasteiger partial charge < -0.3 is 20.3 Å². The van der Waals surface area contributed by atoms with Crippen molar-refractivity contribution in [3.8, 4) is 11.1 Å². The van der Waals surface area contributed by atoms with E-state index in [1.54, 1.807) is 59.2 Å². The number of pyridine rings is 1. The lowest BCUT2D eigenvalue weighted by Gasteiger charge is -2.18. The Balaban J connectivity index is 1.39. The van der Waals surface area contributed by atoms with Crippen LogP contribution < -0.4 is 16.1 Å². The fourth-order valence-corrected chi connectivity index (χ4v) is 5.68. The Morgan fingerprint density at radius 1 is 0.978 bits per heavy atom. The Labute approximate surface area is 274 Å². The summed E-state index contributed by atoms with van der Waals surface area (Å²) in [4.78, 5) is 51.1. The Kier molecular flexibility index (Phi) is 9.38. The molecule has 0 fully saturated rings. The predicted octanol–water partition coefficient (Wildman–Crippen LogP) is 7.38. The van der Waals surface area contributed by atoms with Crippen LogP contribution in [0.2, 0.25) is 10.0 Å². The van der Waals surface area contributed by atoms with E-state index < -0.39 is 40.6 Å². The van der Waals surface area contributed by atoms with Gasteiger partial charge in [-0.3, -0.25) is 14.4 Å². The molecular formula is C33H23BrCl2FN3O5. The highest BCUT2D eigenvalue weighted by Crippen LogP contribution is 2.31. The first-order valence-electron chi connectivity index (χ1n) is 13.4. The van der Waals surface area contributed by atoms with Gasteiger partial charge in [-0.05, 0) is 70.4 Å². The number of carboxylic acids is 1. The van der Waals surface area contributed by atoms with Crippen molar-refractivity contribution in [1.82, 2.24) is 9.88 Å². The first-order valence-corrected chi connectivity index (χ1v) is 15.0. The highest BCUT2D eigenvalue weighted by atomic mass is 79.9. The zero-order chi connectivity index (χ0) is 32.4. The van der Waals surface area contributed by atoms with E-state index in [-0.39, 0.29) is 27.7 Å². The van der Waals surface area contributed by atoms with Crippen LogP contribution in [0.15, 0.2) is 94.3 Å². The molecular weight excluding hydrogens is 688 g/mol. The molecule has 5 rings (SSSR count). The molecule has 1 aromatic heterocycles. The summed E-state index contributed by atoms with van der Waals surface area (Å²) in [6.45, 7) is 1.62. The van der Waals surface area contributed by atoms with Crippen LogP contribution in [0.1, 0.15) is 33.2 Å². The number of fused-ring (bicyclic) bond motifs is 1. The summed E-state index contributed by atoms with van der Waals surface area (Å²) in [5.74, 6) is -3.30. The molecule has 5 aromatic rings. The summed E-state index contributed by atoms with van der Waals surface area (Å²) in [6, 6.07) is 20.0. The average molecular weight is 711 g/mol. The van der Waals surface area contributed by atoms with Gasteiger partial charge in [0.25, 0.3) is 5.91 Å². The van der Waals surface area contributed by atoms with Crippen molar-refractivity contribution in [3.05, 3.63) is 132 Å². The van der Waals surface area contributed by atoms with Crippen molar-refractivity contribution >= 4 is 73.5 Å². The Hall–Kier alpha value is -4.51. The maximum Gasteiger partial charge on any atom is 0.341 e. The smallest absolute Gasteiger partial charge is 0.341 e. The summed E-state index contributed by atoms with van der Waals surface area (Å²) in [5.41, 5.74) is 1.07. The van der Waals surface area contributed by atoms with E-state index in [9.17, 15) is 28.7 Å². The van der Waals surface area contributed by atoms with Crippen molar-refractivity contribution in [3.63, 3.8) is 0 Å². The molecule has 0 bridgehead atoms. The number of hydrogen-bond acceptors (Lipinski definition) is 4. The number of amides is 2. The monoisotopic (exact) mass is 709 g/mol. The van der Waals surface area contributed by atoms with Crippen molar-refractivity contribution < 1.29 is 23.9 Å². The second kappa shape index (κ2) is 13.2. The first-order chi connectivity index (χ1) is 21.4. The van der Waals surface area contributed by atoms with Gasteiger partial charge in [0, 0.05) is 23.9 Å². The number of carbonyl (C=O) groups excluding carboxylic acids is 2. The summed E-state index contributed by atoms with van der Waals surface area (Å²) in [7, 11) is 0. The number of carboxylic acid groups (broad SMARTS) is 1. The predicted molar refractivity (Wildman–Crippen MR) is 176 cm³/mol. The maximum atomic E-state index is 14.8. The molecule has 0 radical (unpaired) electrons. The van der Waals surface area contributed by atoms with Crippen LogP contribution in [-0.2, 0) is 11.3 Å². The van der Waals surface area contributed by atoms with Gasteiger partial charge in [0.15, 0.2) is 0 Å². The second-order valence-corrected chi connectivity index (χ2v) is 11.7. The SMILES string of the molecule is C[C@H](NC(=O)c1ccc(-c2ccccc2)c(F)c1)C(=O)Nc1ccc2c(c1Br)c(=O)c(C(=O)O)cn2Cc1ccc(Cl)c(Cl)c1. The molecule has 12 heteroatoms. The van der Waals surface area contributed by atoms with Crippen LogP contribution in [0, 0.1) is 5.82 Å². The molecule has 0 saturated heterocycles. The number of nitrogens with one attached hydrogen (secondary N) is 2. The summed E-state index contributed by atoms with van der Waals surface area (Å²) in [6.07, 6.45) is 1.24. The Morgan fingerprint density at radius 2 is 1.71 bits per heavy atom. The van der Waals surface area contributed by atoms with Crippen LogP contribution >= 0.6 is 39.1 Å². The molecule has 1 atom stereocenters. The normalized spacial score (nSPS) is 11.7. The molecule has 8 nitrogen and oxygen atoms in total. The molecule has 3 N–H and O–H groups in total. The molecule has 0 spiro atoms. The molecule has 45 heavy (non-hydrogen) atoms. The van der Waals surface area contributed by atoms with Gasteiger partial charge in [0.05, 0.1) is 31.1 Å². The third kappa shape index (κ3) is 6.78. The summed E-state index contributed by atoms with van der Waals surface area (Å²) >= 11 is 15.5. The van der Waals surface area contributed by atoms with Crippen LogP contribution in [0.3, 0.4) is 0 Å². The highest BCUT2D eigenvalue weighted by molar-refractivity contribution is 9.10. The molecule has 2 amide bonds. The zero-order valence-corrected chi connectivity index (χ0v) is 26.5. The van der Waals surface area contributed by atoms with Gasteiger partial charge in [-0.1, -0.05) is 65.7 Å². The van der Waals surface area contributed by atoms with E-state index in [0.29, 0.717) is 32.3 Å². The topological polar surface area (TPSA) is 118 Å². The van der Waals surface area contributed by atoms with E-state index in [1.807, 2.05) is 6.07 Å². The molecule has 0 aliphatic rings. The van der Waals surface area contributed by atoms with Gasteiger partial charge in [-0.15, -0.1) is 0 Å². The van der Waals surface area contributed by atoms with Crippen molar-refractivity contribution in [1.29, 1.82) is 0 Å². The number of aromatic nitrogens is 1. The van der Waals surface area contributed by atoms with E-state index in [1.165, 1.54) is 25.3 Å². The van der Waals surface area contributed by atoms with Crippen molar-refractivity contribution in [2.45, 2.75) is 19.5 Å². The number of rotatable bonds is 8. The Morgan fingerprint density at radius 3 is 2.38 bits per heavy atom. The molecule has 0 aliphatic heterocycles. The average Bonchev–Trinajstić information content (AvgIpc) is 3.01. The molecule has 0 unspecified atom stereocenters. The van der Waals surface area contributed by atoms with Gasteiger partial charge in [-0.2, -0.15) is 0 Å². The van der Waals surface area contributed by atoms with Crippen LogP contribution in [0.4, 0.5) is 10.1 Å². The fraction of sp³-hybridized carbons (Fsp3) is 0.0909. The van der Waals surface area contributed by atoms with E-state index in [0.717, 1.165) is 6.07 Å².